The number of benzene rings is 3. The number of rotatable bonds is 8. The molecule has 0 bridgehead atoms. The number of halogens is 1. The Morgan fingerprint density at radius 2 is 1.84 bits per heavy atom. The van der Waals surface area contributed by atoms with Crippen molar-refractivity contribution in [1.82, 2.24) is 19.7 Å². The van der Waals surface area contributed by atoms with Gasteiger partial charge in [-0.3, -0.25) is 0 Å². The second-order valence-corrected chi connectivity index (χ2v) is 9.61. The van der Waals surface area contributed by atoms with Gasteiger partial charge in [0, 0.05) is 33.6 Å². The van der Waals surface area contributed by atoms with Crippen LogP contribution in [0.2, 0.25) is 5.02 Å². The first-order chi connectivity index (χ1) is 18.0. The number of aromatic amines is 1. The maximum absolute atomic E-state index is 12.5. The van der Waals surface area contributed by atoms with Crippen molar-refractivity contribution in [1.29, 1.82) is 0 Å². The first-order valence-corrected chi connectivity index (χ1v) is 12.7. The van der Waals surface area contributed by atoms with Gasteiger partial charge in [0.25, 0.3) is 0 Å². The molecule has 2 heterocycles. The molecule has 7 nitrogen and oxygen atoms in total. The van der Waals surface area contributed by atoms with E-state index in [0.717, 1.165) is 45.0 Å². The number of H-pyrrole nitrogens is 1. The van der Waals surface area contributed by atoms with Crippen LogP contribution >= 0.6 is 23.4 Å². The molecule has 37 heavy (non-hydrogen) atoms. The zero-order valence-electron chi connectivity index (χ0n) is 20.1. The first kappa shape index (κ1) is 24.7. The molecule has 9 heteroatoms. The third-order valence-electron chi connectivity index (χ3n) is 5.93. The zero-order valence-corrected chi connectivity index (χ0v) is 21.7. The van der Waals surface area contributed by atoms with Crippen molar-refractivity contribution in [2.45, 2.75) is 18.6 Å². The number of hydrogen-bond donors (Lipinski definition) is 2. The quantitative estimate of drug-likeness (QED) is 0.166. The summed E-state index contributed by atoms with van der Waals surface area (Å²) in [6.45, 7) is 2.54. The number of aromatic nitrogens is 4. The van der Waals surface area contributed by atoms with Crippen LogP contribution < -0.4 is 4.74 Å². The topological polar surface area (TPSA) is 93.0 Å². The third-order valence-corrected chi connectivity index (χ3v) is 7.18. The number of nitrogens with one attached hydrogen (secondary N) is 1. The molecule has 0 saturated carbocycles. The van der Waals surface area contributed by atoms with E-state index in [0.29, 0.717) is 28.3 Å². The summed E-state index contributed by atoms with van der Waals surface area (Å²) < 4.78 is 7.33. The summed E-state index contributed by atoms with van der Waals surface area (Å²) in [5, 5.41) is 20.8. The predicted octanol–water partition coefficient (Wildman–Crippen LogP) is 6.99. The molecule has 0 unspecified atom stereocenters. The van der Waals surface area contributed by atoms with Crippen LogP contribution in [0.3, 0.4) is 0 Å². The molecule has 0 aliphatic heterocycles. The highest BCUT2D eigenvalue weighted by Gasteiger charge is 2.21. The molecule has 5 rings (SSSR count). The minimum atomic E-state index is -1.06. The lowest BCUT2D eigenvalue weighted by atomic mass is 10.0. The minimum Gasteiger partial charge on any atom is -0.497 e. The molecule has 5 aromatic rings. The average molecular weight is 531 g/mol. The highest BCUT2D eigenvalue weighted by atomic mass is 35.5. The predicted molar refractivity (Wildman–Crippen MR) is 148 cm³/mol. The van der Waals surface area contributed by atoms with Crippen LogP contribution in [0.4, 0.5) is 0 Å². The second-order valence-electron chi connectivity index (χ2n) is 8.16. The number of aliphatic carboxylic acids is 1. The number of carboxylic acids is 1. The van der Waals surface area contributed by atoms with E-state index in [2.05, 4.69) is 15.2 Å². The Balaban J connectivity index is 1.62. The molecule has 0 radical (unpaired) electrons. The van der Waals surface area contributed by atoms with Crippen molar-refractivity contribution in [3.63, 3.8) is 0 Å². The maximum Gasteiger partial charge on any atom is 0.342 e. The number of nitrogens with zero attached hydrogens (tertiary/aromatic N) is 3. The van der Waals surface area contributed by atoms with E-state index >= 15 is 0 Å². The van der Waals surface area contributed by atoms with Crippen LogP contribution in [0.1, 0.15) is 12.5 Å². The largest absolute Gasteiger partial charge is 0.497 e. The van der Waals surface area contributed by atoms with Gasteiger partial charge in [0.1, 0.15) is 10.7 Å². The first-order valence-electron chi connectivity index (χ1n) is 11.6. The van der Waals surface area contributed by atoms with Crippen LogP contribution in [0.15, 0.2) is 82.9 Å². The lowest BCUT2D eigenvalue weighted by Crippen LogP contribution is -2.03. The van der Waals surface area contributed by atoms with Crippen LogP contribution in [-0.4, -0.2) is 37.9 Å². The van der Waals surface area contributed by atoms with Crippen LogP contribution in [0.5, 0.6) is 5.75 Å². The number of carbonyl (C=O) groups is 1. The van der Waals surface area contributed by atoms with Gasteiger partial charge in [0.2, 0.25) is 0 Å². The second kappa shape index (κ2) is 10.5. The number of carboxylic acid groups (broad SMARTS) is 1. The highest BCUT2D eigenvalue weighted by Crippen LogP contribution is 2.37. The van der Waals surface area contributed by atoms with E-state index in [9.17, 15) is 9.90 Å². The van der Waals surface area contributed by atoms with Gasteiger partial charge in [-0.1, -0.05) is 41.9 Å². The summed E-state index contributed by atoms with van der Waals surface area (Å²) >= 11 is 7.10. The van der Waals surface area contributed by atoms with Gasteiger partial charge in [-0.05, 0) is 72.8 Å². The molecular weight excluding hydrogens is 508 g/mol. The molecular formula is C28H23ClN4O3S. The van der Waals surface area contributed by atoms with Gasteiger partial charge < -0.3 is 19.4 Å². The van der Waals surface area contributed by atoms with Crippen molar-refractivity contribution in [2.24, 2.45) is 0 Å². The van der Waals surface area contributed by atoms with Crippen LogP contribution in [0.25, 0.3) is 39.6 Å². The minimum absolute atomic E-state index is 0.116. The smallest absolute Gasteiger partial charge is 0.342 e. The fourth-order valence-corrected chi connectivity index (χ4v) is 5.12. The number of fused-ring (bicyclic) bond motifs is 1. The van der Waals surface area contributed by atoms with E-state index in [4.69, 9.17) is 16.3 Å². The van der Waals surface area contributed by atoms with Gasteiger partial charge in [-0.15, -0.1) is 10.2 Å². The van der Waals surface area contributed by atoms with Gasteiger partial charge >= 0.3 is 5.97 Å². The number of ether oxygens (including phenoxy) is 1. The van der Waals surface area contributed by atoms with E-state index < -0.39 is 5.97 Å². The molecule has 0 saturated heterocycles. The molecule has 186 valence electrons. The highest BCUT2D eigenvalue weighted by molar-refractivity contribution is 8.04. The Bertz CT molecular complexity index is 1610. The summed E-state index contributed by atoms with van der Waals surface area (Å²) in [4.78, 5) is 16.0. The number of hydrogen-bond acceptors (Lipinski definition) is 5. The van der Waals surface area contributed by atoms with Gasteiger partial charge in [0.15, 0.2) is 11.0 Å². The average Bonchev–Trinajstić information content (AvgIpc) is 3.49. The standard InChI is InChI=1S/C28H23ClN4O3S/c1-3-33-26(18-9-11-19(29)12-10-18)31-32-28(33)37-24(27(34)35)16-22-21-15-20(36-2)13-14-23(21)30-25(22)17-7-5-4-6-8-17/h4-16,30H,3H2,1-2H3,(H,34,35)/b24-16-. The van der Waals surface area contributed by atoms with E-state index in [1.807, 2.05) is 72.2 Å². The van der Waals surface area contributed by atoms with Gasteiger partial charge in [-0.2, -0.15) is 0 Å². The lowest BCUT2D eigenvalue weighted by Gasteiger charge is -2.08. The zero-order chi connectivity index (χ0) is 25.9. The Morgan fingerprint density at radius 1 is 1.08 bits per heavy atom. The third kappa shape index (κ3) is 4.98. The van der Waals surface area contributed by atoms with Crippen molar-refractivity contribution in [3.8, 4) is 28.4 Å². The van der Waals surface area contributed by atoms with Gasteiger partial charge in [0.05, 0.1) is 12.8 Å². The van der Waals surface area contributed by atoms with Crippen molar-refractivity contribution in [2.75, 3.05) is 7.11 Å². The Morgan fingerprint density at radius 3 is 2.51 bits per heavy atom. The van der Waals surface area contributed by atoms with Crippen molar-refractivity contribution >= 4 is 46.3 Å². The Hall–Kier alpha value is -4.01. The Kier molecular flexibility index (Phi) is 7.03. The van der Waals surface area contributed by atoms with E-state index in [1.54, 1.807) is 25.3 Å². The normalized spacial score (nSPS) is 11.7. The van der Waals surface area contributed by atoms with Crippen LogP contribution in [-0.2, 0) is 11.3 Å². The molecule has 0 amide bonds. The number of thioether (sulfide) groups is 1. The molecule has 0 aliphatic rings. The van der Waals surface area contributed by atoms with Crippen molar-refractivity contribution < 1.29 is 14.6 Å². The summed E-state index contributed by atoms with van der Waals surface area (Å²) in [7, 11) is 1.61. The van der Waals surface area contributed by atoms with E-state index in [-0.39, 0.29) is 4.91 Å². The molecule has 3 aromatic carbocycles. The van der Waals surface area contributed by atoms with E-state index in [1.165, 1.54) is 0 Å². The summed E-state index contributed by atoms with van der Waals surface area (Å²) in [5.41, 5.74) is 4.25. The monoisotopic (exact) mass is 530 g/mol. The SMILES string of the molecule is CCn1c(S/C(=C\c2c(-c3ccccc3)[nH]c3ccc(OC)cc23)C(=O)O)nnc1-c1ccc(Cl)cc1. The summed E-state index contributed by atoms with van der Waals surface area (Å²) in [6, 6.07) is 22.8. The summed E-state index contributed by atoms with van der Waals surface area (Å²) in [5.74, 6) is 0.275. The molecule has 2 aromatic heterocycles. The molecule has 0 fully saturated rings. The molecule has 2 N–H and O–H groups in total. The maximum atomic E-state index is 12.5. The fraction of sp³-hybridized carbons (Fsp3) is 0.107. The molecule has 0 atom stereocenters. The molecule has 0 aliphatic carbocycles. The van der Waals surface area contributed by atoms with Crippen LogP contribution in [0, 0.1) is 0 Å². The fourth-order valence-electron chi connectivity index (χ4n) is 4.13. The molecule has 0 spiro atoms. The lowest BCUT2D eigenvalue weighted by molar-refractivity contribution is -0.131. The van der Waals surface area contributed by atoms with Gasteiger partial charge in [-0.25, -0.2) is 4.79 Å². The Labute approximate surface area is 222 Å². The van der Waals surface area contributed by atoms with Crippen molar-refractivity contribution in [3.05, 3.63) is 88.3 Å². The number of methoxy groups -OCH3 is 1. The summed E-state index contributed by atoms with van der Waals surface area (Å²) in [6.07, 6.45) is 1.68.